The maximum absolute atomic E-state index is 11.1. The zero-order chi connectivity index (χ0) is 13.2. The molecule has 2 atom stereocenters. The molecule has 1 saturated carbocycles. The third-order valence-corrected chi connectivity index (χ3v) is 4.24. The molecule has 0 amide bonds. The van der Waals surface area contributed by atoms with Crippen molar-refractivity contribution in [2.75, 3.05) is 19.6 Å². The fraction of sp³-hybridized carbons (Fsp3) is 0.909. The summed E-state index contributed by atoms with van der Waals surface area (Å²) in [5.74, 6) is 1.05. The van der Waals surface area contributed by atoms with Gasteiger partial charge in [0.15, 0.2) is 0 Å². The Labute approximate surface area is 109 Å². The second-order valence-corrected chi connectivity index (χ2v) is 7.02. The third kappa shape index (κ3) is 3.58. The Morgan fingerprint density at radius 2 is 2.11 bits per heavy atom. The lowest BCUT2D eigenvalue weighted by Crippen LogP contribution is -2.54. The molecule has 0 saturated heterocycles. The molecule has 0 radical (unpaired) electrons. The summed E-state index contributed by atoms with van der Waals surface area (Å²) in [5, 5.41) is 3.03. The Morgan fingerprint density at radius 1 is 1.39 bits per heavy atom. The van der Waals surface area contributed by atoms with Crippen LogP contribution in [0.15, 0.2) is 4.99 Å². The van der Waals surface area contributed by atoms with Gasteiger partial charge in [0, 0.05) is 6.04 Å². The van der Waals surface area contributed by atoms with Crippen molar-refractivity contribution in [3.63, 3.8) is 0 Å². The molecule has 1 aliphatic heterocycles. The zero-order valence-electron chi connectivity index (χ0n) is 11.0. The average Bonchev–Trinajstić information content (AvgIpc) is 2.29. The molecule has 18 heavy (non-hydrogen) atoms. The maximum atomic E-state index is 11.1. The van der Waals surface area contributed by atoms with E-state index in [1.165, 1.54) is 25.7 Å². The molecule has 104 valence electrons. The van der Waals surface area contributed by atoms with Crippen LogP contribution in [0.2, 0.25) is 0 Å². The van der Waals surface area contributed by atoms with E-state index < -0.39 is 10.0 Å². The number of hydrogen-bond donors (Lipinski definition) is 2. The van der Waals surface area contributed by atoms with Crippen molar-refractivity contribution in [1.29, 1.82) is 0 Å². The van der Waals surface area contributed by atoms with Crippen molar-refractivity contribution in [3.05, 3.63) is 0 Å². The molecule has 1 fully saturated rings. The minimum atomic E-state index is -3.24. The van der Waals surface area contributed by atoms with E-state index in [1.54, 1.807) is 0 Å². The molecule has 0 bridgehead atoms. The first-order valence-electron chi connectivity index (χ1n) is 6.46. The van der Waals surface area contributed by atoms with Crippen LogP contribution in [0.3, 0.4) is 0 Å². The van der Waals surface area contributed by atoms with Crippen molar-refractivity contribution < 1.29 is 8.42 Å². The van der Waals surface area contributed by atoms with Crippen LogP contribution in [0.4, 0.5) is 0 Å². The zero-order valence-corrected chi connectivity index (χ0v) is 11.8. The maximum Gasteiger partial charge on any atom is 0.232 e. The molecular weight excluding hydrogens is 252 g/mol. The van der Waals surface area contributed by atoms with Gasteiger partial charge in [-0.05, 0) is 18.8 Å². The first-order chi connectivity index (χ1) is 8.46. The minimum Gasteiger partial charge on any atom is -0.343 e. The lowest BCUT2D eigenvalue weighted by molar-refractivity contribution is 0.106. The van der Waals surface area contributed by atoms with E-state index in [4.69, 9.17) is 0 Å². The molecule has 1 aliphatic carbocycles. The van der Waals surface area contributed by atoms with Gasteiger partial charge in [0.1, 0.15) is 0 Å². The van der Waals surface area contributed by atoms with Gasteiger partial charge in [-0.1, -0.05) is 19.8 Å². The molecule has 0 aromatic heterocycles. The van der Waals surface area contributed by atoms with Crippen LogP contribution in [0.25, 0.3) is 0 Å². The molecule has 0 aromatic rings. The largest absolute Gasteiger partial charge is 0.343 e. The second kappa shape index (κ2) is 5.44. The van der Waals surface area contributed by atoms with Crippen molar-refractivity contribution in [2.45, 2.75) is 38.6 Å². The van der Waals surface area contributed by atoms with Gasteiger partial charge in [-0.2, -0.15) is 0 Å². The van der Waals surface area contributed by atoms with Gasteiger partial charge in [-0.15, -0.1) is 0 Å². The van der Waals surface area contributed by atoms with Crippen LogP contribution < -0.4 is 10.0 Å². The molecule has 7 heteroatoms. The number of sulfonamides is 1. The van der Waals surface area contributed by atoms with Crippen LogP contribution in [0, 0.1) is 5.92 Å². The highest BCUT2D eigenvalue weighted by atomic mass is 32.2. The van der Waals surface area contributed by atoms with Gasteiger partial charge in [-0.3, -0.25) is 9.62 Å². The van der Waals surface area contributed by atoms with Gasteiger partial charge in [0.2, 0.25) is 16.0 Å². The molecule has 2 aliphatic rings. The van der Waals surface area contributed by atoms with Gasteiger partial charge in [-0.25, -0.2) is 13.4 Å². The predicted molar refractivity (Wildman–Crippen MR) is 71.5 cm³/mol. The van der Waals surface area contributed by atoms with E-state index in [2.05, 4.69) is 26.9 Å². The van der Waals surface area contributed by atoms with E-state index in [1.807, 2.05) is 0 Å². The van der Waals surface area contributed by atoms with E-state index in [-0.39, 0.29) is 0 Å². The Bertz CT molecular complexity index is 421. The van der Waals surface area contributed by atoms with Crippen LogP contribution in [0.5, 0.6) is 0 Å². The first kappa shape index (κ1) is 13.6. The summed E-state index contributed by atoms with van der Waals surface area (Å²) >= 11 is 0. The standard InChI is InChI=1S/C11H22N4O2S/c1-9-5-3-4-6-10(9)15-7-12-11(13-8-15)14-18(2,16)17/h9-10H,3-8H2,1-2H3,(H2,12,13,14). The van der Waals surface area contributed by atoms with Crippen molar-refractivity contribution in [3.8, 4) is 0 Å². The number of rotatable bonds is 2. The summed E-state index contributed by atoms with van der Waals surface area (Å²) in [6.07, 6.45) is 6.23. The summed E-state index contributed by atoms with van der Waals surface area (Å²) in [6.45, 7) is 3.52. The molecule has 0 aromatic carbocycles. The average molecular weight is 274 g/mol. The van der Waals surface area contributed by atoms with Gasteiger partial charge >= 0.3 is 0 Å². The summed E-state index contributed by atoms with van der Waals surface area (Å²) in [4.78, 5) is 6.54. The number of nitrogens with one attached hydrogen (secondary N) is 2. The number of aliphatic imine (C=N–C) groups is 1. The Balaban J connectivity index is 1.92. The Morgan fingerprint density at radius 3 is 2.67 bits per heavy atom. The fourth-order valence-electron chi connectivity index (χ4n) is 2.75. The summed E-state index contributed by atoms with van der Waals surface area (Å²) in [6, 6.07) is 0.565. The quantitative estimate of drug-likeness (QED) is 0.759. The second-order valence-electron chi connectivity index (χ2n) is 5.28. The summed E-state index contributed by atoms with van der Waals surface area (Å²) in [7, 11) is -3.24. The Kier molecular flexibility index (Phi) is 4.11. The number of nitrogens with zero attached hydrogens (tertiary/aromatic N) is 2. The lowest BCUT2D eigenvalue weighted by Gasteiger charge is -2.39. The van der Waals surface area contributed by atoms with E-state index >= 15 is 0 Å². The highest BCUT2D eigenvalue weighted by molar-refractivity contribution is 7.89. The predicted octanol–water partition coefficient (Wildman–Crippen LogP) is 0.291. The first-order valence-corrected chi connectivity index (χ1v) is 8.35. The molecular formula is C11H22N4O2S. The molecule has 2 rings (SSSR count). The normalized spacial score (nSPS) is 30.4. The number of guanidine groups is 1. The smallest absolute Gasteiger partial charge is 0.232 e. The van der Waals surface area contributed by atoms with Crippen LogP contribution in [-0.4, -0.2) is 44.9 Å². The fourth-order valence-corrected chi connectivity index (χ4v) is 3.24. The van der Waals surface area contributed by atoms with Gasteiger partial charge in [0.25, 0.3) is 0 Å². The van der Waals surface area contributed by atoms with E-state index in [0.29, 0.717) is 31.3 Å². The molecule has 0 spiro atoms. The van der Waals surface area contributed by atoms with Crippen LogP contribution >= 0.6 is 0 Å². The highest BCUT2D eigenvalue weighted by Crippen LogP contribution is 2.28. The lowest BCUT2D eigenvalue weighted by atomic mass is 9.85. The number of hydrogen-bond acceptors (Lipinski definition) is 5. The van der Waals surface area contributed by atoms with E-state index in [0.717, 1.165) is 6.26 Å². The summed E-state index contributed by atoms with van der Waals surface area (Å²) < 4.78 is 24.6. The highest BCUT2D eigenvalue weighted by Gasteiger charge is 2.28. The van der Waals surface area contributed by atoms with Crippen molar-refractivity contribution in [2.24, 2.45) is 10.9 Å². The molecule has 1 heterocycles. The van der Waals surface area contributed by atoms with Crippen LogP contribution in [-0.2, 0) is 10.0 Å². The van der Waals surface area contributed by atoms with Gasteiger partial charge in [0.05, 0.1) is 19.6 Å². The summed E-state index contributed by atoms with van der Waals surface area (Å²) in [5.41, 5.74) is 0. The molecule has 2 unspecified atom stereocenters. The topological polar surface area (TPSA) is 73.8 Å². The van der Waals surface area contributed by atoms with E-state index in [9.17, 15) is 8.42 Å². The van der Waals surface area contributed by atoms with Crippen LogP contribution in [0.1, 0.15) is 32.6 Å². The van der Waals surface area contributed by atoms with Gasteiger partial charge < -0.3 is 5.32 Å². The SMILES string of the molecule is CC1CCCCC1N1CN=C(NS(C)(=O)=O)NC1. The van der Waals surface area contributed by atoms with Crippen molar-refractivity contribution >= 4 is 16.0 Å². The minimum absolute atomic E-state index is 0.359. The molecule has 6 nitrogen and oxygen atoms in total. The Hall–Kier alpha value is -0.820. The molecule has 2 N–H and O–H groups in total. The third-order valence-electron chi connectivity index (χ3n) is 3.68. The van der Waals surface area contributed by atoms with Crippen molar-refractivity contribution in [1.82, 2.24) is 14.9 Å². The monoisotopic (exact) mass is 274 g/mol.